The molecule has 4 heterocycles. The van der Waals surface area contributed by atoms with Crippen LogP contribution in [0.15, 0.2) is 52.9 Å². The van der Waals surface area contributed by atoms with Crippen LogP contribution in [0, 0.1) is 0 Å². The molecule has 0 spiro atoms. The molecule has 234 valence electrons. The second-order valence-corrected chi connectivity index (χ2v) is 14.8. The number of hydrogen-bond acceptors (Lipinski definition) is 9. The topological polar surface area (TPSA) is 94.3 Å². The van der Waals surface area contributed by atoms with Gasteiger partial charge in [0.15, 0.2) is 0 Å². The molecule has 2 aliphatic heterocycles. The summed E-state index contributed by atoms with van der Waals surface area (Å²) in [5, 5.41) is 1.62. The summed E-state index contributed by atoms with van der Waals surface area (Å²) in [7, 11) is 0. The standard InChI is InChI=1S/C34H41N3O6S/c1-33(2,3)42-30(38)20-37(32(39)43-34(4,5)6)24-16-22-12-13-23(17-24)36(22)19-26-15-21-11-14-25(18-28(21)40-26)41-31-35-27-9-7-8-10-29(27)44-31/h7-11,14-15,18,22-24H,12-13,16-17,19-20H2,1-6H3/t22-,23+,24+. The van der Waals surface area contributed by atoms with E-state index in [4.69, 9.17) is 18.6 Å². The minimum absolute atomic E-state index is 0.107. The highest BCUT2D eigenvalue weighted by atomic mass is 32.1. The lowest BCUT2D eigenvalue weighted by Crippen LogP contribution is -2.54. The molecule has 2 fully saturated rings. The van der Waals surface area contributed by atoms with E-state index in [9.17, 15) is 9.59 Å². The van der Waals surface area contributed by atoms with Gasteiger partial charge in [-0.1, -0.05) is 23.5 Å². The Hall–Kier alpha value is -3.63. The number of esters is 1. The highest BCUT2D eigenvalue weighted by molar-refractivity contribution is 7.20. The summed E-state index contributed by atoms with van der Waals surface area (Å²) in [6, 6.07) is 16.4. The van der Waals surface area contributed by atoms with E-state index in [0.717, 1.165) is 52.6 Å². The Morgan fingerprint density at radius 1 is 0.977 bits per heavy atom. The van der Waals surface area contributed by atoms with Crippen molar-refractivity contribution < 1.29 is 28.2 Å². The van der Waals surface area contributed by atoms with Crippen molar-refractivity contribution in [3.05, 3.63) is 54.3 Å². The fourth-order valence-electron chi connectivity index (χ4n) is 6.32. The summed E-state index contributed by atoms with van der Waals surface area (Å²) in [6.07, 6.45) is 3.13. The van der Waals surface area contributed by atoms with E-state index in [1.54, 1.807) is 4.90 Å². The summed E-state index contributed by atoms with van der Waals surface area (Å²) in [4.78, 5) is 34.8. The fraction of sp³-hybridized carbons (Fsp3) is 0.500. The van der Waals surface area contributed by atoms with Crippen molar-refractivity contribution in [3.63, 3.8) is 0 Å². The van der Waals surface area contributed by atoms with Crippen LogP contribution in [0.5, 0.6) is 10.9 Å². The number of ether oxygens (including phenoxy) is 3. The molecule has 2 aromatic heterocycles. The normalized spacial score (nSPS) is 20.6. The van der Waals surface area contributed by atoms with E-state index in [0.29, 0.717) is 17.5 Å². The number of fused-ring (bicyclic) bond motifs is 4. The van der Waals surface area contributed by atoms with Crippen LogP contribution in [0.3, 0.4) is 0 Å². The molecule has 6 rings (SSSR count). The third-order valence-electron chi connectivity index (χ3n) is 8.01. The van der Waals surface area contributed by atoms with Gasteiger partial charge in [0.1, 0.15) is 34.8 Å². The Kier molecular flexibility index (Phi) is 8.09. The second kappa shape index (κ2) is 11.7. The molecule has 0 aliphatic carbocycles. The third kappa shape index (κ3) is 7.02. The molecule has 0 radical (unpaired) electrons. The molecule has 2 bridgehead atoms. The zero-order valence-electron chi connectivity index (χ0n) is 26.3. The Bertz CT molecular complexity index is 1620. The van der Waals surface area contributed by atoms with Gasteiger partial charge >= 0.3 is 12.1 Å². The van der Waals surface area contributed by atoms with Crippen LogP contribution in [0.25, 0.3) is 21.2 Å². The summed E-state index contributed by atoms with van der Waals surface area (Å²) in [6.45, 7) is 11.6. The zero-order chi connectivity index (χ0) is 31.2. The summed E-state index contributed by atoms with van der Waals surface area (Å²) in [5.74, 6) is 1.16. The van der Waals surface area contributed by atoms with Crippen molar-refractivity contribution in [1.82, 2.24) is 14.8 Å². The maximum Gasteiger partial charge on any atom is 0.411 e. The van der Waals surface area contributed by atoms with Crippen molar-refractivity contribution in [2.75, 3.05) is 6.54 Å². The first-order valence-electron chi connectivity index (χ1n) is 15.3. The van der Waals surface area contributed by atoms with Crippen LogP contribution in [-0.4, -0.2) is 62.7 Å². The first kappa shape index (κ1) is 30.4. The lowest BCUT2D eigenvalue weighted by molar-refractivity contribution is -0.157. The average Bonchev–Trinajstić information content (AvgIpc) is 3.57. The van der Waals surface area contributed by atoms with Crippen LogP contribution >= 0.6 is 11.3 Å². The number of carbonyl (C=O) groups excluding carboxylic acids is 2. The summed E-state index contributed by atoms with van der Waals surface area (Å²) >= 11 is 1.52. The van der Waals surface area contributed by atoms with Gasteiger partial charge in [-0.15, -0.1) is 0 Å². The molecule has 2 aromatic carbocycles. The van der Waals surface area contributed by atoms with Gasteiger partial charge in [0.2, 0.25) is 0 Å². The number of nitrogens with zero attached hydrogens (tertiary/aromatic N) is 3. The van der Waals surface area contributed by atoms with Gasteiger partial charge in [-0.25, -0.2) is 9.78 Å². The molecule has 2 aliphatic rings. The van der Waals surface area contributed by atoms with Crippen LogP contribution in [0.4, 0.5) is 4.79 Å². The predicted octanol–water partition coefficient (Wildman–Crippen LogP) is 7.91. The van der Waals surface area contributed by atoms with Gasteiger partial charge in [-0.2, -0.15) is 0 Å². The number of thiazole rings is 1. The van der Waals surface area contributed by atoms with Crippen molar-refractivity contribution in [1.29, 1.82) is 0 Å². The van der Waals surface area contributed by atoms with Crippen LogP contribution in [0.1, 0.15) is 73.0 Å². The van der Waals surface area contributed by atoms with Gasteiger partial charge < -0.3 is 18.6 Å². The molecule has 4 aromatic rings. The van der Waals surface area contributed by atoms with E-state index >= 15 is 0 Å². The average molecular weight is 620 g/mol. The Labute approximate surface area is 262 Å². The number of furan rings is 1. The van der Waals surface area contributed by atoms with Gasteiger partial charge in [0, 0.05) is 29.6 Å². The van der Waals surface area contributed by atoms with Crippen LogP contribution < -0.4 is 4.74 Å². The maximum atomic E-state index is 13.3. The Morgan fingerprint density at radius 3 is 2.36 bits per heavy atom. The molecule has 44 heavy (non-hydrogen) atoms. The Morgan fingerprint density at radius 2 is 1.68 bits per heavy atom. The van der Waals surface area contributed by atoms with Crippen LogP contribution in [0.2, 0.25) is 0 Å². The molecule has 3 atom stereocenters. The third-order valence-corrected chi connectivity index (χ3v) is 8.92. The van der Waals surface area contributed by atoms with Gasteiger partial charge in [0.05, 0.1) is 16.8 Å². The molecule has 10 heteroatoms. The van der Waals surface area contributed by atoms with E-state index in [1.165, 1.54) is 11.3 Å². The van der Waals surface area contributed by atoms with Crippen molar-refractivity contribution in [2.45, 2.75) is 103 Å². The van der Waals surface area contributed by atoms with Crippen molar-refractivity contribution in [3.8, 4) is 10.9 Å². The number of piperidine rings is 1. The van der Waals surface area contributed by atoms with Gasteiger partial charge in [-0.05, 0) is 97.6 Å². The molecule has 2 saturated heterocycles. The predicted molar refractivity (Wildman–Crippen MR) is 170 cm³/mol. The Balaban J connectivity index is 1.14. The summed E-state index contributed by atoms with van der Waals surface area (Å²) in [5.41, 5.74) is 0.401. The first-order chi connectivity index (χ1) is 20.8. The fourth-order valence-corrected chi connectivity index (χ4v) is 7.15. The number of benzene rings is 2. The second-order valence-electron chi connectivity index (χ2n) is 13.8. The number of rotatable bonds is 7. The minimum atomic E-state index is -0.663. The molecule has 0 unspecified atom stereocenters. The zero-order valence-corrected chi connectivity index (χ0v) is 27.1. The molecule has 1 amide bonds. The number of hydrogen-bond donors (Lipinski definition) is 0. The van der Waals surface area contributed by atoms with E-state index in [-0.39, 0.29) is 24.7 Å². The van der Waals surface area contributed by atoms with Crippen molar-refractivity contribution >= 4 is 44.6 Å². The lowest BCUT2D eigenvalue weighted by atomic mass is 9.95. The number of aromatic nitrogens is 1. The van der Waals surface area contributed by atoms with E-state index in [1.807, 2.05) is 84.0 Å². The summed E-state index contributed by atoms with van der Waals surface area (Å²) < 4.78 is 24.8. The number of amides is 1. The largest absolute Gasteiger partial charge is 0.460 e. The SMILES string of the molecule is CC(C)(C)OC(=O)CN(C(=O)OC(C)(C)C)[C@H]1C[C@H]2CC[C@@H](C1)N2Cc1cc2ccc(Oc3nc4ccccc4s3)cc2o1. The minimum Gasteiger partial charge on any atom is -0.460 e. The monoisotopic (exact) mass is 619 g/mol. The van der Waals surface area contributed by atoms with E-state index < -0.39 is 23.3 Å². The van der Waals surface area contributed by atoms with Crippen LogP contribution in [-0.2, 0) is 20.8 Å². The highest BCUT2D eigenvalue weighted by Gasteiger charge is 2.45. The van der Waals surface area contributed by atoms with E-state index in [2.05, 4.69) is 16.0 Å². The van der Waals surface area contributed by atoms with Gasteiger partial charge in [-0.3, -0.25) is 14.6 Å². The first-order valence-corrected chi connectivity index (χ1v) is 16.1. The highest BCUT2D eigenvalue weighted by Crippen LogP contribution is 2.40. The smallest absolute Gasteiger partial charge is 0.411 e. The maximum absolute atomic E-state index is 13.3. The van der Waals surface area contributed by atoms with Gasteiger partial charge in [0.25, 0.3) is 5.19 Å². The molecule has 0 N–H and O–H groups in total. The quantitative estimate of drug-likeness (QED) is 0.193. The van der Waals surface area contributed by atoms with Crippen molar-refractivity contribution in [2.24, 2.45) is 0 Å². The number of carbonyl (C=O) groups is 2. The molecular weight excluding hydrogens is 578 g/mol. The lowest BCUT2D eigenvalue weighted by Gasteiger charge is -2.43. The number of para-hydroxylation sites is 1. The molecule has 0 saturated carbocycles. The molecular formula is C34H41N3O6S. The molecule has 9 nitrogen and oxygen atoms in total.